The molecule has 0 aliphatic carbocycles. The maximum atomic E-state index is 12.5. The van der Waals surface area contributed by atoms with Crippen LogP contribution in [0.3, 0.4) is 0 Å². The summed E-state index contributed by atoms with van der Waals surface area (Å²) in [5.41, 5.74) is 3.10. The lowest BCUT2D eigenvalue weighted by Gasteiger charge is -2.15. The van der Waals surface area contributed by atoms with E-state index in [1.165, 1.54) is 5.56 Å². The fourth-order valence-corrected chi connectivity index (χ4v) is 3.07. The Kier molecular flexibility index (Phi) is 7.61. The summed E-state index contributed by atoms with van der Waals surface area (Å²) in [5, 5.41) is 6.08. The summed E-state index contributed by atoms with van der Waals surface area (Å²) in [6.07, 6.45) is 1.69. The Balaban J connectivity index is 1.48. The standard InChI is InChI=1S/C25H26N2O3/c1-19(16-17-20-10-4-2-5-11-20)26-24(28)18-30-25(29)22-14-8-9-15-23(22)27-21-12-6-3-7-13-21/h2-15,19,27H,16-18H2,1H3,(H,26,28)/t19-/m0/s1. The van der Waals surface area contributed by atoms with E-state index in [4.69, 9.17) is 4.74 Å². The molecular weight excluding hydrogens is 376 g/mol. The summed E-state index contributed by atoms with van der Waals surface area (Å²) in [6.45, 7) is 1.63. The molecule has 1 atom stereocenters. The first-order valence-electron chi connectivity index (χ1n) is 10.0. The van der Waals surface area contributed by atoms with Gasteiger partial charge in [0, 0.05) is 11.7 Å². The number of hydrogen-bond acceptors (Lipinski definition) is 4. The summed E-state index contributed by atoms with van der Waals surface area (Å²) in [5.74, 6) is -0.849. The first-order valence-corrected chi connectivity index (χ1v) is 10.0. The average molecular weight is 402 g/mol. The molecule has 5 nitrogen and oxygen atoms in total. The summed E-state index contributed by atoms with van der Waals surface area (Å²) in [4.78, 5) is 24.7. The number of carbonyl (C=O) groups excluding carboxylic acids is 2. The van der Waals surface area contributed by atoms with E-state index in [1.54, 1.807) is 18.2 Å². The van der Waals surface area contributed by atoms with Crippen LogP contribution in [-0.2, 0) is 16.0 Å². The predicted octanol–water partition coefficient (Wildman–Crippen LogP) is 4.72. The minimum Gasteiger partial charge on any atom is -0.452 e. The zero-order valence-corrected chi connectivity index (χ0v) is 17.0. The summed E-state index contributed by atoms with van der Waals surface area (Å²) >= 11 is 0. The van der Waals surface area contributed by atoms with Crippen LogP contribution in [0.25, 0.3) is 0 Å². The van der Waals surface area contributed by atoms with Crippen LogP contribution in [0.1, 0.15) is 29.3 Å². The third kappa shape index (κ3) is 6.48. The number of nitrogens with one attached hydrogen (secondary N) is 2. The second-order valence-electron chi connectivity index (χ2n) is 7.11. The van der Waals surface area contributed by atoms with Gasteiger partial charge in [0.15, 0.2) is 6.61 Å². The molecule has 0 radical (unpaired) electrons. The normalized spacial score (nSPS) is 11.4. The number of carbonyl (C=O) groups is 2. The lowest BCUT2D eigenvalue weighted by molar-refractivity contribution is -0.124. The Morgan fingerprint density at radius 2 is 1.50 bits per heavy atom. The highest BCUT2D eigenvalue weighted by Crippen LogP contribution is 2.21. The highest BCUT2D eigenvalue weighted by Gasteiger charge is 2.15. The molecule has 0 unspecified atom stereocenters. The van der Waals surface area contributed by atoms with Gasteiger partial charge in [-0.15, -0.1) is 0 Å². The van der Waals surface area contributed by atoms with Crippen molar-refractivity contribution in [3.8, 4) is 0 Å². The maximum absolute atomic E-state index is 12.5. The van der Waals surface area contributed by atoms with Crippen LogP contribution in [0, 0.1) is 0 Å². The lowest BCUT2D eigenvalue weighted by atomic mass is 10.1. The summed E-state index contributed by atoms with van der Waals surface area (Å²) in [7, 11) is 0. The molecule has 0 bridgehead atoms. The first kappa shape index (κ1) is 21.1. The number of rotatable bonds is 9. The van der Waals surface area contributed by atoms with Crippen LogP contribution in [0.5, 0.6) is 0 Å². The minimum absolute atomic E-state index is 0.0107. The van der Waals surface area contributed by atoms with E-state index in [0.29, 0.717) is 11.3 Å². The van der Waals surface area contributed by atoms with Gasteiger partial charge in [0.25, 0.3) is 5.91 Å². The Labute approximate surface area is 177 Å². The fourth-order valence-electron chi connectivity index (χ4n) is 3.07. The van der Waals surface area contributed by atoms with Crippen molar-refractivity contribution in [1.82, 2.24) is 5.32 Å². The van der Waals surface area contributed by atoms with Crippen molar-refractivity contribution in [2.24, 2.45) is 0 Å². The molecule has 0 aliphatic rings. The van der Waals surface area contributed by atoms with Crippen LogP contribution in [0.4, 0.5) is 11.4 Å². The van der Waals surface area contributed by atoms with Gasteiger partial charge in [-0.25, -0.2) is 4.79 Å². The van der Waals surface area contributed by atoms with Crippen LogP contribution < -0.4 is 10.6 Å². The highest BCUT2D eigenvalue weighted by molar-refractivity contribution is 5.97. The Morgan fingerprint density at radius 3 is 2.23 bits per heavy atom. The van der Waals surface area contributed by atoms with Crippen LogP contribution in [0.2, 0.25) is 0 Å². The first-order chi connectivity index (χ1) is 14.6. The Bertz CT molecular complexity index is 958. The van der Waals surface area contributed by atoms with Crippen LogP contribution in [0.15, 0.2) is 84.9 Å². The van der Waals surface area contributed by atoms with Crippen molar-refractivity contribution in [3.63, 3.8) is 0 Å². The van der Waals surface area contributed by atoms with Crippen molar-refractivity contribution >= 4 is 23.3 Å². The molecule has 154 valence electrons. The number of aryl methyl sites for hydroxylation is 1. The van der Waals surface area contributed by atoms with Gasteiger partial charge in [0.2, 0.25) is 0 Å². The number of benzene rings is 3. The molecule has 5 heteroatoms. The van der Waals surface area contributed by atoms with E-state index in [-0.39, 0.29) is 18.6 Å². The van der Waals surface area contributed by atoms with Crippen molar-refractivity contribution in [2.75, 3.05) is 11.9 Å². The molecular formula is C25H26N2O3. The molecule has 2 N–H and O–H groups in total. The van der Waals surface area contributed by atoms with Gasteiger partial charge in [-0.05, 0) is 49.6 Å². The molecule has 0 fully saturated rings. The number of anilines is 2. The quantitative estimate of drug-likeness (QED) is 0.508. The third-order valence-corrected chi connectivity index (χ3v) is 4.65. The van der Waals surface area contributed by atoms with Gasteiger partial charge in [-0.3, -0.25) is 4.79 Å². The van der Waals surface area contributed by atoms with E-state index >= 15 is 0 Å². The van der Waals surface area contributed by atoms with E-state index < -0.39 is 5.97 Å². The predicted molar refractivity (Wildman–Crippen MR) is 119 cm³/mol. The zero-order valence-electron chi connectivity index (χ0n) is 17.0. The number of ether oxygens (including phenoxy) is 1. The molecule has 0 aliphatic heterocycles. The van der Waals surface area contributed by atoms with Crippen LogP contribution >= 0.6 is 0 Å². The van der Waals surface area contributed by atoms with Gasteiger partial charge in [-0.2, -0.15) is 0 Å². The molecule has 0 saturated carbocycles. The minimum atomic E-state index is -0.541. The largest absolute Gasteiger partial charge is 0.452 e. The number of esters is 1. The zero-order chi connectivity index (χ0) is 21.2. The van der Waals surface area contributed by atoms with E-state index in [9.17, 15) is 9.59 Å². The second-order valence-corrected chi connectivity index (χ2v) is 7.11. The second kappa shape index (κ2) is 10.8. The molecule has 30 heavy (non-hydrogen) atoms. The Hall–Kier alpha value is -3.60. The van der Waals surface area contributed by atoms with Crippen molar-refractivity contribution < 1.29 is 14.3 Å². The van der Waals surface area contributed by atoms with E-state index in [0.717, 1.165) is 18.5 Å². The number of para-hydroxylation sites is 2. The summed E-state index contributed by atoms with van der Waals surface area (Å²) in [6, 6.07) is 26.7. The van der Waals surface area contributed by atoms with Gasteiger partial charge in [-0.1, -0.05) is 60.7 Å². The van der Waals surface area contributed by atoms with Gasteiger partial charge < -0.3 is 15.4 Å². The van der Waals surface area contributed by atoms with Gasteiger partial charge in [0.1, 0.15) is 0 Å². The summed E-state index contributed by atoms with van der Waals surface area (Å²) < 4.78 is 5.24. The lowest BCUT2D eigenvalue weighted by Crippen LogP contribution is -2.36. The topological polar surface area (TPSA) is 67.4 Å². The Morgan fingerprint density at radius 1 is 0.867 bits per heavy atom. The maximum Gasteiger partial charge on any atom is 0.340 e. The van der Waals surface area contributed by atoms with Gasteiger partial charge >= 0.3 is 5.97 Å². The number of amides is 1. The molecule has 3 aromatic rings. The van der Waals surface area contributed by atoms with E-state index in [2.05, 4.69) is 22.8 Å². The molecule has 0 spiro atoms. The smallest absolute Gasteiger partial charge is 0.340 e. The van der Waals surface area contributed by atoms with E-state index in [1.807, 2.05) is 61.5 Å². The molecule has 0 saturated heterocycles. The van der Waals surface area contributed by atoms with Crippen molar-refractivity contribution in [1.29, 1.82) is 0 Å². The molecule has 3 aromatic carbocycles. The third-order valence-electron chi connectivity index (χ3n) is 4.65. The monoisotopic (exact) mass is 402 g/mol. The average Bonchev–Trinajstić information content (AvgIpc) is 2.78. The molecule has 3 rings (SSSR count). The molecule has 0 heterocycles. The van der Waals surface area contributed by atoms with Crippen molar-refractivity contribution in [2.45, 2.75) is 25.8 Å². The molecule has 1 amide bonds. The fraction of sp³-hybridized carbons (Fsp3) is 0.200. The SMILES string of the molecule is C[C@@H](CCc1ccccc1)NC(=O)COC(=O)c1ccccc1Nc1ccccc1. The van der Waals surface area contributed by atoms with Crippen molar-refractivity contribution in [3.05, 3.63) is 96.1 Å². The molecule has 0 aromatic heterocycles. The highest BCUT2D eigenvalue weighted by atomic mass is 16.5. The van der Waals surface area contributed by atoms with Crippen LogP contribution in [-0.4, -0.2) is 24.5 Å². The number of hydrogen-bond donors (Lipinski definition) is 2. The van der Waals surface area contributed by atoms with Gasteiger partial charge in [0.05, 0.1) is 11.3 Å².